The van der Waals surface area contributed by atoms with Crippen molar-refractivity contribution in [3.05, 3.63) is 27.2 Å². The summed E-state index contributed by atoms with van der Waals surface area (Å²) in [7, 11) is 1.58. The summed E-state index contributed by atoms with van der Waals surface area (Å²) >= 11 is 9.39. The van der Waals surface area contributed by atoms with Gasteiger partial charge in [0.25, 0.3) is 0 Å². The van der Waals surface area contributed by atoms with Gasteiger partial charge < -0.3 is 14.6 Å². The van der Waals surface area contributed by atoms with Crippen LogP contribution < -0.4 is 4.74 Å². The maximum absolute atomic E-state index is 10.3. The summed E-state index contributed by atoms with van der Waals surface area (Å²) in [6, 6.07) is 3.50. The lowest BCUT2D eigenvalue weighted by molar-refractivity contribution is 0.0896. The van der Waals surface area contributed by atoms with Crippen LogP contribution in [0.1, 0.15) is 18.1 Å². The molecule has 94 valence electrons. The molecule has 2 rings (SSSR count). The van der Waals surface area contributed by atoms with Crippen molar-refractivity contribution < 1.29 is 14.6 Å². The number of aliphatic hydroxyl groups is 1. The van der Waals surface area contributed by atoms with E-state index < -0.39 is 6.10 Å². The molecule has 1 N–H and O–H groups in total. The first-order chi connectivity index (χ1) is 8.13. The topological polar surface area (TPSA) is 38.7 Å². The van der Waals surface area contributed by atoms with E-state index in [4.69, 9.17) is 21.1 Å². The number of ether oxygens (including phenoxy) is 2. The van der Waals surface area contributed by atoms with Crippen molar-refractivity contribution in [2.24, 2.45) is 5.92 Å². The lowest BCUT2D eigenvalue weighted by Gasteiger charge is -2.20. The second-order valence-corrected chi connectivity index (χ2v) is 5.37. The standard InChI is InChI=1S/C12H14BrClO3/c1-16-12-9(4-8(14)5-10(12)13)11(15)7-2-3-17-6-7/h4-5,7,11,15H,2-3,6H2,1H3. The molecule has 1 aromatic carbocycles. The minimum atomic E-state index is -0.609. The molecule has 1 aliphatic heterocycles. The fourth-order valence-corrected chi connectivity index (χ4v) is 3.07. The number of methoxy groups -OCH3 is 1. The predicted octanol–water partition coefficient (Wildman–Crippen LogP) is 3.18. The molecule has 0 radical (unpaired) electrons. The van der Waals surface area contributed by atoms with Crippen molar-refractivity contribution in [2.45, 2.75) is 12.5 Å². The van der Waals surface area contributed by atoms with Crippen molar-refractivity contribution in [3.8, 4) is 5.75 Å². The summed E-state index contributed by atoms with van der Waals surface area (Å²) in [5.74, 6) is 0.739. The van der Waals surface area contributed by atoms with Crippen molar-refractivity contribution in [2.75, 3.05) is 20.3 Å². The van der Waals surface area contributed by atoms with E-state index in [1.807, 2.05) is 0 Å². The molecule has 1 saturated heterocycles. The molecule has 0 spiro atoms. The lowest BCUT2D eigenvalue weighted by atomic mass is 9.94. The molecular formula is C12H14BrClO3. The molecule has 2 unspecified atom stereocenters. The summed E-state index contributed by atoms with van der Waals surface area (Å²) in [5.41, 5.74) is 0.711. The molecular weight excluding hydrogens is 307 g/mol. The SMILES string of the molecule is COc1c(Br)cc(Cl)cc1C(O)C1CCOC1. The van der Waals surface area contributed by atoms with Crippen LogP contribution in [0.15, 0.2) is 16.6 Å². The monoisotopic (exact) mass is 320 g/mol. The van der Waals surface area contributed by atoms with E-state index in [0.29, 0.717) is 29.5 Å². The molecule has 5 heteroatoms. The molecule has 1 aromatic rings. The molecule has 1 heterocycles. The highest BCUT2D eigenvalue weighted by Crippen LogP contribution is 2.40. The third kappa shape index (κ3) is 2.76. The summed E-state index contributed by atoms with van der Waals surface area (Å²) in [6.07, 6.45) is 0.247. The van der Waals surface area contributed by atoms with Gasteiger partial charge in [0.15, 0.2) is 0 Å². The van der Waals surface area contributed by atoms with Crippen molar-refractivity contribution in [1.29, 1.82) is 0 Å². The van der Waals surface area contributed by atoms with E-state index in [0.717, 1.165) is 10.9 Å². The fraction of sp³-hybridized carbons (Fsp3) is 0.500. The Bertz CT molecular complexity index is 405. The minimum Gasteiger partial charge on any atom is -0.495 e. The van der Waals surface area contributed by atoms with Gasteiger partial charge in [0, 0.05) is 23.1 Å². The second-order valence-electron chi connectivity index (χ2n) is 4.08. The van der Waals surface area contributed by atoms with E-state index in [2.05, 4.69) is 15.9 Å². The van der Waals surface area contributed by atoms with Gasteiger partial charge in [-0.3, -0.25) is 0 Å². The molecule has 2 atom stereocenters. The Kier molecular flexibility index (Phi) is 4.31. The van der Waals surface area contributed by atoms with Crippen LogP contribution in [-0.4, -0.2) is 25.4 Å². The Labute approximate surface area is 114 Å². The maximum Gasteiger partial charge on any atom is 0.138 e. The molecule has 3 nitrogen and oxygen atoms in total. The molecule has 0 amide bonds. The zero-order valence-corrected chi connectivity index (χ0v) is 11.8. The minimum absolute atomic E-state index is 0.106. The number of halogens is 2. The highest BCUT2D eigenvalue weighted by Gasteiger charge is 2.28. The Morgan fingerprint density at radius 1 is 1.59 bits per heavy atom. The van der Waals surface area contributed by atoms with Crippen LogP contribution in [0.4, 0.5) is 0 Å². The van der Waals surface area contributed by atoms with Crippen LogP contribution >= 0.6 is 27.5 Å². The van der Waals surface area contributed by atoms with Gasteiger partial charge in [-0.25, -0.2) is 0 Å². The molecule has 0 aliphatic carbocycles. The van der Waals surface area contributed by atoms with Crippen molar-refractivity contribution >= 4 is 27.5 Å². The van der Waals surface area contributed by atoms with Crippen LogP contribution in [0.2, 0.25) is 5.02 Å². The summed E-state index contributed by atoms with van der Waals surface area (Å²) in [5, 5.41) is 10.9. The Morgan fingerprint density at radius 2 is 2.35 bits per heavy atom. The normalized spacial score (nSPS) is 21.5. The first-order valence-corrected chi connectivity index (χ1v) is 6.59. The Morgan fingerprint density at radius 3 is 2.94 bits per heavy atom. The number of aliphatic hydroxyl groups excluding tert-OH is 1. The van der Waals surface area contributed by atoms with Crippen LogP contribution in [0.25, 0.3) is 0 Å². The van der Waals surface area contributed by atoms with Crippen molar-refractivity contribution in [3.63, 3.8) is 0 Å². The number of hydrogen-bond acceptors (Lipinski definition) is 3. The summed E-state index contributed by atoms with van der Waals surface area (Å²) < 4.78 is 11.3. The van der Waals surface area contributed by atoms with Crippen LogP contribution in [0.3, 0.4) is 0 Å². The summed E-state index contributed by atoms with van der Waals surface area (Å²) in [4.78, 5) is 0. The maximum atomic E-state index is 10.3. The zero-order chi connectivity index (χ0) is 12.4. The van der Waals surface area contributed by atoms with Gasteiger partial charge >= 0.3 is 0 Å². The largest absolute Gasteiger partial charge is 0.495 e. The van der Waals surface area contributed by atoms with Crippen LogP contribution in [0, 0.1) is 5.92 Å². The van der Waals surface area contributed by atoms with E-state index in [1.165, 1.54) is 0 Å². The fourth-order valence-electron chi connectivity index (χ4n) is 2.07. The van der Waals surface area contributed by atoms with Gasteiger partial charge in [-0.15, -0.1) is 0 Å². The number of rotatable bonds is 3. The molecule has 0 bridgehead atoms. The number of benzene rings is 1. The quantitative estimate of drug-likeness (QED) is 0.929. The summed E-state index contributed by atoms with van der Waals surface area (Å²) in [6.45, 7) is 1.28. The smallest absolute Gasteiger partial charge is 0.138 e. The van der Waals surface area contributed by atoms with Crippen LogP contribution in [-0.2, 0) is 4.74 Å². The average Bonchev–Trinajstić information content (AvgIpc) is 2.80. The van der Waals surface area contributed by atoms with Crippen LogP contribution in [0.5, 0.6) is 5.75 Å². The van der Waals surface area contributed by atoms with E-state index in [-0.39, 0.29) is 5.92 Å². The zero-order valence-electron chi connectivity index (χ0n) is 9.45. The third-order valence-corrected chi connectivity index (χ3v) is 3.78. The lowest BCUT2D eigenvalue weighted by Crippen LogP contribution is -2.13. The van der Waals surface area contributed by atoms with Gasteiger partial charge in [-0.1, -0.05) is 11.6 Å². The van der Waals surface area contributed by atoms with E-state index in [9.17, 15) is 5.11 Å². The molecule has 0 aromatic heterocycles. The van der Waals surface area contributed by atoms with Gasteiger partial charge in [0.05, 0.1) is 24.3 Å². The molecule has 17 heavy (non-hydrogen) atoms. The Hall–Kier alpha value is -0.290. The first kappa shape index (κ1) is 13.1. The van der Waals surface area contributed by atoms with Gasteiger partial charge in [-0.2, -0.15) is 0 Å². The molecule has 1 fully saturated rings. The highest BCUT2D eigenvalue weighted by molar-refractivity contribution is 9.10. The van der Waals surface area contributed by atoms with Crippen molar-refractivity contribution in [1.82, 2.24) is 0 Å². The van der Waals surface area contributed by atoms with Gasteiger partial charge in [0.2, 0.25) is 0 Å². The third-order valence-electron chi connectivity index (χ3n) is 2.97. The van der Waals surface area contributed by atoms with Gasteiger partial charge in [0.1, 0.15) is 5.75 Å². The predicted molar refractivity (Wildman–Crippen MR) is 69.6 cm³/mol. The average molecular weight is 322 g/mol. The van der Waals surface area contributed by atoms with E-state index >= 15 is 0 Å². The molecule has 1 aliphatic rings. The Balaban J connectivity index is 2.35. The highest BCUT2D eigenvalue weighted by atomic mass is 79.9. The van der Waals surface area contributed by atoms with E-state index in [1.54, 1.807) is 19.2 Å². The second kappa shape index (κ2) is 5.57. The molecule has 0 saturated carbocycles. The first-order valence-electron chi connectivity index (χ1n) is 5.42. The van der Waals surface area contributed by atoms with Gasteiger partial charge in [-0.05, 0) is 34.5 Å². The number of hydrogen-bond donors (Lipinski definition) is 1.